The Morgan fingerprint density at radius 3 is 2.52 bits per heavy atom. The van der Waals surface area contributed by atoms with Crippen LogP contribution in [0.4, 0.5) is 4.39 Å². The number of ether oxygens (including phenoxy) is 2. The molecule has 0 radical (unpaired) electrons. The molecule has 4 aliphatic carbocycles. The van der Waals surface area contributed by atoms with Crippen molar-refractivity contribution in [2.75, 3.05) is 13.7 Å². The predicted molar refractivity (Wildman–Crippen MR) is 112 cm³/mol. The molecule has 9 heteroatoms. The van der Waals surface area contributed by atoms with Gasteiger partial charge in [0, 0.05) is 25.4 Å². The van der Waals surface area contributed by atoms with Crippen molar-refractivity contribution in [1.29, 1.82) is 0 Å². The predicted octanol–water partition coefficient (Wildman–Crippen LogP) is 0.672. The van der Waals surface area contributed by atoms with Gasteiger partial charge in [-0.1, -0.05) is 13.0 Å². The van der Waals surface area contributed by atoms with Gasteiger partial charge in [-0.15, -0.1) is 0 Å². The van der Waals surface area contributed by atoms with E-state index in [-0.39, 0.29) is 18.4 Å². The summed E-state index contributed by atoms with van der Waals surface area (Å²) in [5, 5.41) is 33.4. The van der Waals surface area contributed by atoms with E-state index in [0.29, 0.717) is 0 Å². The summed E-state index contributed by atoms with van der Waals surface area (Å²) >= 11 is 0. The first-order chi connectivity index (χ1) is 15.3. The molecule has 3 saturated carbocycles. The van der Waals surface area contributed by atoms with Crippen LogP contribution < -0.4 is 0 Å². The number of hydrogen-bond donors (Lipinski definition) is 3. The number of aliphatic hydroxyl groups excluding tert-OH is 3. The molecule has 0 aromatic carbocycles. The molecule has 4 unspecified atom stereocenters. The molecular formula is C24H31FO8. The van der Waals surface area contributed by atoms with Gasteiger partial charge in [-0.3, -0.25) is 14.4 Å². The molecule has 0 spiro atoms. The number of halogens is 1. The van der Waals surface area contributed by atoms with E-state index >= 15 is 4.39 Å². The van der Waals surface area contributed by atoms with Crippen LogP contribution in [-0.4, -0.2) is 76.7 Å². The summed E-state index contributed by atoms with van der Waals surface area (Å²) in [5.74, 6) is -4.10. The van der Waals surface area contributed by atoms with Gasteiger partial charge in [-0.2, -0.15) is 0 Å². The van der Waals surface area contributed by atoms with Crippen molar-refractivity contribution in [3.8, 4) is 0 Å². The fourth-order valence-electron chi connectivity index (χ4n) is 7.29. The van der Waals surface area contributed by atoms with Crippen LogP contribution in [0.2, 0.25) is 0 Å². The van der Waals surface area contributed by atoms with Crippen LogP contribution >= 0.6 is 0 Å². The van der Waals surface area contributed by atoms with Crippen LogP contribution in [0.15, 0.2) is 23.8 Å². The fraction of sp³-hybridized carbons (Fsp3) is 0.708. The highest BCUT2D eigenvalue weighted by Gasteiger charge is 2.75. The summed E-state index contributed by atoms with van der Waals surface area (Å²) in [6.07, 6.45) is -1.54. The second kappa shape index (κ2) is 7.80. The Morgan fingerprint density at radius 2 is 1.91 bits per heavy atom. The SMILES string of the molecule is COC1C[C@H]2[C@@H]3C(O)C(O)C4=CC(=O)C=C[C@]4(C)[C@@]3(F)C(O)C[C@]2(C)[C@H]1C(=O)COC(C)=O. The molecule has 0 aromatic rings. The van der Waals surface area contributed by atoms with Crippen molar-refractivity contribution < 1.29 is 43.6 Å². The number of allylic oxidation sites excluding steroid dienone is 3. The molecular weight excluding hydrogens is 435 g/mol. The van der Waals surface area contributed by atoms with Gasteiger partial charge in [-0.05, 0) is 48.8 Å². The van der Waals surface area contributed by atoms with Crippen LogP contribution in [0.1, 0.15) is 33.6 Å². The molecule has 0 saturated heterocycles. The third kappa shape index (κ3) is 3.12. The number of aliphatic hydroxyl groups is 3. The van der Waals surface area contributed by atoms with Crippen molar-refractivity contribution in [2.24, 2.45) is 28.6 Å². The highest BCUT2D eigenvalue weighted by molar-refractivity contribution is 6.01. The van der Waals surface area contributed by atoms with Gasteiger partial charge >= 0.3 is 5.97 Å². The first-order valence-electron chi connectivity index (χ1n) is 11.2. The van der Waals surface area contributed by atoms with E-state index in [4.69, 9.17) is 9.47 Å². The number of hydrogen-bond acceptors (Lipinski definition) is 8. The summed E-state index contributed by atoms with van der Waals surface area (Å²) in [6.45, 7) is 3.99. The molecule has 33 heavy (non-hydrogen) atoms. The summed E-state index contributed by atoms with van der Waals surface area (Å²) < 4.78 is 27.7. The van der Waals surface area contributed by atoms with Crippen LogP contribution in [0, 0.1) is 28.6 Å². The highest BCUT2D eigenvalue weighted by atomic mass is 19.1. The molecule has 4 aliphatic rings. The minimum Gasteiger partial charge on any atom is -0.458 e. The van der Waals surface area contributed by atoms with Crippen molar-refractivity contribution >= 4 is 17.5 Å². The normalized spacial score (nSPS) is 48.4. The van der Waals surface area contributed by atoms with Gasteiger partial charge in [0.15, 0.2) is 17.2 Å². The third-order valence-corrected chi connectivity index (χ3v) is 8.80. The first-order valence-corrected chi connectivity index (χ1v) is 11.2. The van der Waals surface area contributed by atoms with Crippen LogP contribution in [-0.2, 0) is 23.9 Å². The Balaban J connectivity index is 1.81. The van der Waals surface area contributed by atoms with E-state index in [2.05, 4.69) is 0 Å². The van der Waals surface area contributed by atoms with Crippen molar-refractivity contribution in [1.82, 2.24) is 0 Å². The standard InChI is InChI=1S/C24H31FO8/c1-11(26)33-10-15(28)19-16(32-4)8-13-18-21(31)20(30)14-7-12(27)5-6-23(14,3)24(18,25)17(29)9-22(13,19)2/h5-7,13,16-21,29-31H,8-10H2,1-4H3/t13-,16?,17?,18+,19-,20?,21?,22-,23-,24+/m0/s1. The molecule has 0 amide bonds. The number of carbonyl (C=O) groups excluding carboxylic acids is 3. The second-order valence-electron chi connectivity index (χ2n) is 10.3. The molecule has 8 nitrogen and oxygen atoms in total. The topological polar surface area (TPSA) is 130 Å². The lowest BCUT2D eigenvalue weighted by Gasteiger charge is -2.63. The number of esters is 1. The molecule has 3 fully saturated rings. The van der Waals surface area contributed by atoms with Gasteiger partial charge < -0.3 is 24.8 Å². The monoisotopic (exact) mass is 466 g/mol. The van der Waals surface area contributed by atoms with E-state index in [1.54, 1.807) is 6.92 Å². The number of carbonyl (C=O) groups is 3. The first kappa shape index (κ1) is 24.2. The Hall–Kier alpha value is -1.94. The minimum absolute atomic E-state index is 0.0349. The Labute approximate surface area is 191 Å². The molecule has 0 bridgehead atoms. The van der Waals surface area contributed by atoms with E-state index in [9.17, 15) is 29.7 Å². The highest BCUT2D eigenvalue weighted by Crippen LogP contribution is 2.69. The molecule has 182 valence electrons. The van der Waals surface area contributed by atoms with Gasteiger partial charge in [0.25, 0.3) is 0 Å². The van der Waals surface area contributed by atoms with Crippen LogP contribution in [0.3, 0.4) is 0 Å². The Kier molecular flexibility index (Phi) is 5.72. The van der Waals surface area contributed by atoms with Crippen molar-refractivity contribution in [3.63, 3.8) is 0 Å². The van der Waals surface area contributed by atoms with Crippen LogP contribution in [0.5, 0.6) is 0 Å². The average Bonchev–Trinajstić information content (AvgIpc) is 3.04. The lowest BCUT2D eigenvalue weighted by atomic mass is 9.44. The smallest absolute Gasteiger partial charge is 0.303 e. The van der Waals surface area contributed by atoms with E-state index in [1.807, 2.05) is 0 Å². The lowest BCUT2D eigenvalue weighted by Crippen LogP contribution is -2.72. The van der Waals surface area contributed by atoms with Crippen molar-refractivity contribution in [2.45, 2.75) is 63.7 Å². The van der Waals surface area contributed by atoms with Crippen molar-refractivity contribution in [3.05, 3.63) is 23.8 Å². The number of Topliss-reactive ketones (excluding diaryl/α,β-unsaturated/α-hetero) is 1. The fourth-order valence-corrected chi connectivity index (χ4v) is 7.29. The molecule has 0 aliphatic heterocycles. The molecule has 0 heterocycles. The maximum atomic E-state index is 17.2. The third-order valence-electron chi connectivity index (χ3n) is 8.80. The number of fused-ring (bicyclic) bond motifs is 5. The second-order valence-corrected chi connectivity index (χ2v) is 10.3. The van der Waals surface area contributed by atoms with Gasteiger partial charge in [-0.25, -0.2) is 4.39 Å². The van der Waals surface area contributed by atoms with E-state index in [0.717, 1.165) is 6.08 Å². The van der Waals surface area contributed by atoms with Gasteiger partial charge in [0.05, 0.1) is 24.2 Å². The zero-order valence-electron chi connectivity index (χ0n) is 19.2. The Bertz CT molecular complexity index is 945. The summed E-state index contributed by atoms with van der Waals surface area (Å²) in [7, 11) is 1.43. The quantitative estimate of drug-likeness (QED) is 0.516. The molecule has 4 rings (SSSR count). The maximum Gasteiger partial charge on any atom is 0.303 e. The molecule has 3 N–H and O–H groups in total. The average molecular weight is 467 g/mol. The maximum absolute atomic E-state index is 17.2. The summed E-state index contributed by atoms with van der Waals surface area (Å²) in [4.78, 5) is 36.3. The minimum atomic E-state index is -2.40. The zero-order valence-corrected chi connectivity index (χ0v) is 19.2. The van der Waals surface area contributed by atoms with Gasteiger partial charge in [0.2, 0.25) is 0 Å². The zero-order chi connectivity index (χ0) is 24.5. The van der Waals surface area contributed by atoms with E-state index < -0.39 is 82.8 Å². The lowest BCUT2D eigenvalue weighted by molar-refractivity contribution is -0.239. The largest absolute Gasteiger partial charge is 0.458 e. The summed E-state index contributed by atoms with van der Waals surface area (Å²) in [6, 6.07) is 0. The number of ketones is 2. The van der Waals surface area contributed by atoms with Crippen LogP contribution in [0.25, 0.3) is 0 Å². The molecule has 0 aromatic heterocycles. The number of methoxy groups -OCH3 is 1. The van der Waals surface area contributed by atoms with E-state index in [1.165, 1.54) is 33.1 Å². The number of alkyl halides is 1. The summed E-state index contributed by atoms with van der Waals surface area (Å²) in [5.41, 5.74) is -4.87. The van der Waals surface area contributed by atoms with Gasteiger partial charge in [0.1, 0.15) is 12.7 Å². The molecule has 10 atom stereocenters. The number of rotatable bonds is 4. The Morgan fingerprint density at radius 1 is 1.24 bits per heavy atom.